The van der Waals surface area contributed by atoms with Gasteiger partial charge in [-0.05, 0) is 85.8 Å². The van der Waals surface area contributed by atoms with Crippen LogP contribution < -0.4 is 5.32 Å². The molecule has 2 aromatic rings. The lowest BCUT2D eigenvalue weighted by Crippen LogP contribution is -2.35. The molecule has 0 aliphatic carbocycles. The number of likely N-dealkylation sites (tertiary alicyclic amines) is 1. The Morgan fingerprint density at radius 1 is 1.19 bits per heavy atom. The summed E-state index contributed by atoms with van der Waals surface area (Å²) in [6.07, 6.45) is 3.74. The Hall–Kier alpha value is -2.07. The Bertz CT molecular complexity index is 751. The van der Waals surface area contributed by atoms with Gasteiger partial charge in [0.1, 0.15) is 5.75 Å². The molecule has 1 saturated heterocycles. The average molecular weight is 354 g/mol. The Morgan fingerprint density at radius 3 is 2.65 bits per heavy atom. The van der Waals surface area contributed by atoms with Crippen LogP contribution in [0.3, 0.4) is 0 Å². The van der Waals surface area contributed by atoms with Gasteiger partial charge in [0.05, 0.1) is 0 Å². The highest BCUT2D eigenvalue weighted by molar-refractivity contribution is 5.98. The first-order valence-corrected chi connectivity index (χ1v) is 9.74. The summed E-state index contributed by atoms with van der Waals surface area (Å²) in [6, 6.07) is 10.8. The fourth-order valence-corrected chi connectivity index (χ4v) is 3.53. The molecule has 1 heterocycles. The van der Waals surface area contributed by atoms with Gasteiger partial charge in [-0.1, -0.05) is 26.0 Å². The molecular weight excluding hydrogens is 324 g/mol. The van der Waals surface area contributed by atoms with E-state index in [1.807, 2.05) is 24.3 Å². The predicted molar refractivity (Wildman–Crippen MR) is 107 cm³/mol. The van der Waals surface area contributed by atoms with Crippen molar-refractivity contribution in [1.29, 1.82) is 0 Å². The molecule has 3 rings (SSSR count). The van der Waals surface area contributed by atoms with Crippen molar-refractivity contribution in [3.8, 4) is 5.75 Å². The molecule has 26 heavy (non-hydrogen) atoms. The third-order valence-corrected chi connectivity index (χ3v) is 5.51. The largest absolute Gasteiger partial charge is 0.508 e. The van der Waals surface area contributed by atoms with Crippen LogP contribution in [0.4, 0.5) is 0 Å². The number of rotatable bonds is 6. The van der Waals surface area contributed by atoms with Gasteiger partial charge < -0.3 is 15.3 Å². The molecule has 0 bridgehead atoms. The van der Waals surface area contributed by atoms with E-state index in [4.69, 9.17) is 0 Å². The van der Waals surface area contributed by atoms with E-state index in [0.717, 1.165) is 29.7 Å². The van der Waals surface area contributed by atoms with Gasteiger partial charge in [0.2, 0.25) is 0 Å². The SMILES string of the molecule is CC1CCN(CC[C@H](C)CNC(=O)c2ccc3cc(O)ccc3c2)CC1. The molecule has 1 aliphatic heterocycles. The number of hydrogen-bond donors (Lipinski definition) is 2. The number of piperidine rings is 1. The molecule has 1 atom stereocenters. The molecule has 0 unspecified atom stereocenters. The normalized spacial score (nSPS) is 17.3. The lowest BCUT2D eigenvalue weighted by atomic mass is 9.98. The van der Waals surface area contributed by atoms with Crippen molar-refractivity contribution in [2.45, 2.75) is 33.1 Å². The Morgan fingerprint density at radius 2 is 1.88 bits per heavy atom. The minimum Gasteiger partial charge on any atom is -0.508 e. The summed E-state index contributed by atoms with van der Waals surface area (Å²) in [6.45, 7) is 8.81. The van der Waals surface area contributed by atoms with Gasteiger partial charge in [-0.2, -0.15) is 0 Å². The van der Waals surface area contributed by atoms with Crippen LogP contribution in [0.1, 0.15) is 43.5 Å². The van der Waals surface area contributed by atoms with Crippen molar-refractivity contribution < 1.29 is 9.90 Å². The summed E-state index contributed by atoms with van der Waals surface area (Å²) in [4.78, 5) is 15.0. The standard InChI is InChI=1S/C22H30N2O2/c1-16-7-10-24(11-8-16)12-9-17(2)15-23-22(26)20-4-3-19-14-21(25)6-5-18(19)13-20/h3-6,13-14,16-17,25H,7-12,15H2,1-2H3,(H,23,26)/t17-/m0/s1. The fourth-order valence-electron chi connectivity index (χ4n) is 3.53. The first-order valence-electron chi connectivity index (χ1n) is 9.74. The average Bonchev–Trinajstić information content (AvgIpc) is 2.65. The zero-order chi connectivity index (χ0) is 18.5. The van der Waals surface area contributed by atoms with Crippen LogP contribution >= 0.6 is 0 Å². The molecule has 1 amide bonds. The highest BCUT2D eigenvalue weighted by atomic mass is 16.3. The molecular formula is C22H30N2O2. The van der Waals surface area contributed by atoms with Crippen molar-refractivity contribution >= 4 is 16.7 Å². The smallest absolute Gasteiger partial charge is 0.251 e. The minimum atomic E-state index is -0.0291. The zero-order valence-corrected chi connectivity index (χ0v) is 15.9. The molecule has 2 N–H and O–H groups in total. The predicted octanol–water partition coefficient (Wildman–Crippen LogP) is 4.03. The summed E-state index contributed by atoms with van der Waals surface area (Å²) >= 11 is 0. The van der Waals surface area contributed by atoms with Crippen molar-refractivity contribution in [2.75, 3.05) is 26.2 Å². The lowest BCUT2D eigenvalue weighted by molar-refractivity contribution is 0.0945. The third kappa shape index (κ3) is 4.98. The fraction of sp³-hybridized carbons (Fsp3) is 0.500. The number of nitrogens with zero attached hydrogens (tertiary/aromatic N) is 1. The monoisotopic (exact) mass is 354 g/mol. The number of carbonyl (C=O) groups excluding carboxylic acids is 1. The molecule has 4 heteroatoms. The second-order valence-electron chi connectivity index (χ2n) is 7.87. The summed E-state index contributed by atoms with van der Waals surface area (Å²) < 4.78 is 0. The van der Waals surface area contributed by atoms with Crippen molar-refractivity contribution in [3.05, 3.63) is 42.0 Å². The van der Waals surface area contributed by atoms with E-state index < -0.39 is 0 Å². The maximum atomic E-state index is 12.4. The van der Waals surface area contributed by atoms with Gasteiger partial charge in [0.25, 0.3) is 5.91 Å². The molecule has 1 fully saturated rings. The summed E-state index contributed by atoms with van der Waals surface area (Å²) in [5, 5.41) is 14.5. The van der Waals surface area contributed by atoms with Gasteiger partial charge >= 0.3 is 0 Å². The molecule has 0 aromatic heterocycles. The molecule has 0 spiro atoms. The van der Waals surface area contributed by atoms with E-state index in [1.54, 1.807) is 12.1 Å². The highest BCUT2D eigenvalue weighted by Gasteiger charge is 2.16. The topological polar surface area (TPSA) is 52.6 Å². The molecule has 0 radical (unpaired) electrons. The summed E-state index contributed by atoms with van der Waals surface area (Å²) in [7, 11) is 0. The van der Waals surface area contributed by atoms with Crippen molar-refractivity contribution in [2.24, 2.45) is 11.8 Å². The summed E-state index contributed by atoms with van der Waals surface area (Å²) in [5.74, 6) is 1.55. The Kier molecular flexibility index (Phi) is 6.15. The molecule has 1 aliphatic rings. The number of carbonyl (C=O) groups is 1. The molecule has 4 nitrogen and oxygen atoms in total. The van der Waals surface area contributed by atoms with Gasteiger partial charge in [-0.3, -0.25) is 4.79 Å². The lowest BCUT2D eigenvalue weighted by Gasteiger charge is -2.30. The van der Waals surface area contributed by atoms with Crippen LogP contribution in [0.25, 0.3) is 10.8 Å². The van der Waals surface area contributed by atoms with Gasteiger partial charge in [-0.15, -0.1) is 0 Å². The van der Waals surface area contributed by atoms with Crippen LogP contribution in [0.15, 0.2) is 36.4 Å². The first-order chi connectivity index (χ1) is 12.5. The number of aromatic hydroxyl groups is 1. The van der Waals surface area contributed by atoms with Crippen LogP contribution in [-0.2, 0) is 0 Å². The zero-order valence-electron chi connectivity index (χ0n) is 15.9. The van der Waals surface area contributed by atoms with Crippen LogP contribution in [0.2, 0.25) is 0 Å². The first kappa shape index (κ1) is 18.7. The van der Waals surface area contributed by atoms with E-state index in [2.05, 4.69) is 24.1 Å². The van der Waals surface area contributed by atoms with Gasteiger partial charge in [0.15, 0.2) is 0 Å². The number of hydrogen-bond acceptors (Lipinski definition) is 3. The van der Waals surface area contributed by atoms with Crippen molar-refractivity contribution in [3.63, 3.8) is 0 Å². The second kappa shape index (κ2) is 8.54. The molecule has 0 saturated carbocycles. The number of amides is 1. The quantitative estimate of drug-likeness (QED) is 0.823. The number of nitrogens with one attached hydrogen (secondary N) is 1. The van der Waals surface area contributed by atoms with Gasteiger partial charge in [0, 0.05) is 12.1 Å². The van der Waals surface area contributed by atoms with Crippen LogP contribution in [0, 0.1) is 11.8 Å². The highest BCUT2D eigenvalue weighted by Crippen LogP contribution is 2.21. The van der Waals surface area contributed by atoms with E-state index in [0.29, 0.717) is 18.0 Å². The second-order valence-corrected chi connectivity index (χ2v) is 7.87. The third-order valence-electron chi connectivity index (χ3n) is 5.51. The van der Waals surface area contributed by atoms with E-state index in [1.165, 1.54) is 25.9 Å². The Balaban J connectivity index is 1.46. The van der Waals surface area contributed by atoms with E-state index >= 15 is 0 Å². The Labute approximate surface area is 156 Å². The number of fused-ring (bicyclic) bond motifs is 1. The maximum Gasteiger partial charge on any atom is 0.251 e. The molecule has 140 valence electrons. The molecule has 2 aromatic carbocycles. The van der Waals surface area contributed by atoms with Crippen LogP contribution in [0.5, 0.6) is 5.75 Å². The van der Waals surface area contributed by atoms with E-state index in [9.17, 15) is 9.90 Å². The number of benzene rings is 2. The number of phenols is 1. The van der Waals surface area contributed by atoms with Crippen LogP contribution in [-0.4, -0.2) is 42.1 Å². The summed E-state index contributed by atoms with van der Waals surface area (Å²) in [5.41, 5.74) is 0.667. The number of phenolic OH excluding ortho intramolecular Hbond substituents is 1. The van der Waals surface area contributed by atoms with Gasteiger partial charge in [-0.25, -0.2) is 0 Å². The van der Waals surface area contributed by atoms with E-state index in [-0.39, 0.29) is 11.7 Å². The maximum absolute atomic E-state index is 12.4. The minimum absolute atomic E-state index is 0.0291. The van der Waals surface area contributed by atoms with Crippen molar-refractivity contribution in [1.82, 2.24) is 10.2 Å².